The lowest BCUT2D eigenvalue weighted by molar-refractivity contribution is 0.102. The van der Waals surface area contributed by atoms with Gasteiger partial charge in [0.15, 0.2) is 0 Å². The first-order chi connectivity index (χ1) is 10.3. The maximum absolute atomic E-state index is 14.0. The van der Waals surface area contributed by atoms with E-state index in [0.29, 0.717) is 0 Å². The van der Waals surface area contributed by atoms with Crippen LogP contribution in [0.2, 0.25) is 5.02 Å². The fourth-order valence-electron chi connectivity index (χ4n) is 1.72. The van der Waals surface area contributed by atoms with Crippen molar-refractivity contribution in [2.24, 2.45) is 0 Å². The zero-order valence-electron chi connectivity index (χ0n) is 11.4. The van der Waals surface area contributed by atoms with Crippen molar-refractivity contribution >= 4 is 33.2 Å². The van der Waals surface area contributed by atoms with Crippen LogP contribution in [0.1, 0.15) is 10.4 Å². The molecule has 0 aromatic heterocycles. The predicted octanol–water partition coefficient (Wildman–Crippen LogP) is 2.64. The summed E-state index contributed by atoms with van der Waals surface area (Å²) in [5.74, 6) is -1.45. The summed E-state index contributed by atoms with van der Waals surface area (Å²) in [6, 6.07) is 9.52. The van der Waals surface area contributed by atoms with Crippen molar-refractivity contribution in [3.63, 3.8) is 0 Å². The Balaban J connectivity index is 2.28. The van der Waals surface area contributed by atoms with Crippen LogP contribution in [0, 0.1) is 5.82 Å². The van der Waals surface area contributed by atoms with Crippen LogP contribution < -0.4 is 10.0 Å². The van der Waals surface area contributed by atoms with Gasteiger partial charge in [0.25, 0.3) is 5.91 Å². The third kappa shape index (κ3) is 3.44. The molecule has 116 valence electrons. The van der Waals surface area contributed by atoms with Gasteiger partial charge in [0.05, 0.1) is 21.2 Å². The molecular weight excluding hydrogens is 331 g/mol. The van der Waals surface area contributed by atoms with Crippen molar-refractivity contribution in [2.75, 3.05) is 12.4 Å². The minimum atomic E-state index is -3.75. The van der Waals surface area contributed by atoms with E-state index < -0.39 is 21.7 Å². The van der Waals surface area contributed by atoms with Crippen LogP contribution in [0.25, 0.3) is 0 Å². The second-order valence-corrected chi connectivity index (χ2v) is 6.58. The molecule has 8 heteroatoms. The zero-order valence-corrected chi connectivity index (χ0v) is 13.0. The van der Waals surface area contributed by atoms with Gasteiger partial charge >= 0.3 is 0 Å². The van der Waals surface area contributed by atoms with Gasteiger partial charge in [-0.2, -0.15) is 0 Å². The fraction of sp³-hybridized carbons (Fsp3) is 0.0714. The van der Waals surface area contributed by atoms with E-state index in [1.807, 2.05) is 0 Å². The highest BCUT2D eigenvalue weighted by atomic mass is 35.5. The standard InChI is InChI=1S/C14H12ClFN2O3S/c1-17-22(20,21)9-6-7-13(12(16)8-9)18-14(19)10-4-2-3-5-11(10)15/h2-8,17H,1H3,(H,18,19). The summed E-state index contributed by atoms with van der Waals surface area (Å²) in [5.41, 5.74) is 0.0514. The lowest BCUT2D eigenvalue weighted by Gasteiger charge is -2.09. The number of halogens is 2. The summed E-state index contributed by atoms with van der Waals surface area (Å²) in [6.45, 7) is 0. The molecule has 0 aliphatic carbocycles. The third-order valence-corrected chi connectivity index (χ3v) is 4.63. The monoisotopic (exact) mass is 342 g/mol. The number of hydrogen-bond donors (Lipinski definition) is 2. The zero-order chi connectivity index (χ0) is 16.3. The molecule has 2 aromatic carbocycles. The molecule has 0 spiro atoms. The number of sulfonamides is 1. The molecule has 0 unspecified atom stereocenters. The maximum Gasteiger partial charge on any atom is 0.257 e. The second-order valence-electron chi connectivity index (χ2n) is 4.28. The maximum atomic E-state index is 14.0. The molecule has 0 saturated carbocycles. The highest BCUT2D eigenvalue weighted by Crippen LogP contribution is 2.21. The quantitative estimate of drug-likeness (QED) is 0.897. The van der Waals surface area contributed by atoms with Crippen molar-refractivity contribution in [1.82, 2.24) is 4.72 Å². The first kappa shape index (κ1) is 16.4. The molecule has 2 rings (SSSR count). The predicted molar refractivity (Wildman–Crippen MR) is 82.1 cm³/mol. The normalized spacial score (nSPS) is 11.2. The van der Waals surface area contributed by atoms with Crippen molar-refractivity contribution in [2.45, 2.75) is 4.90 Å². The Morgan fingerprint density at radius 2 is 1.86 bits per heavy atom. The van der Waals surface area contributed by atoms with E-state index in [-0.39, 0.29) is 21.2 Å². The van der Waals surface area contributed by atoms with Crippen molar-refractivity contribution in [3.05, 3.63) is 58.9 Å². The number of carbonyl (C=O) groups excluding carboxylic acids is 1. The summed E-state index contributed by atoms with van der Waals surface area (Å²) < 4.78 is 39.2. The second kappa shape index (κ2) is 6.43. The SMILES string of the molecule is CNS(=O)(=O)c1ccc(NC(=O)c2ccccc2Cl)c(F)c1. The van der Waals surface area contributed by atoms with E-state index in [2.05, 4.69) is 10.0 Å². The van der Waals surface area contributed by atoms with E-state index in [0.717, 1.165) is 6.07 Å². The molecule has 0 atom stereocenters. The molecule has 0 heterocycles. The van der Waals surface area contributed by atoms with Gasteiger partial charge < -0.3 is 5.32 Å². The largest absolute Gasteiger partial charge is 0.319 e. The number of amides is 1. The minimum absolute atomic E-state index is 0.139. The Kier molecular flexibility index (Phi) is 4.80. The van der Waals surface area contributed by atoms with Crippen LogP contribution in [-0.4, -0.2) is 21.4 Å². The van der Waals surface area contributed by atoms with Crippen LogP contribution >= 0.6 is 11.6 Å². The van der Waals surface area contributed by atoms with Gasteiger partial charge in [0.1, 0.15) is 5.82 Å². The van der Waals surface area contributed by atoms with Crippen LogP contribution in [-0.2, 0) is 10.0 Å². The fourth-order valence-corrected chi connectivity index (χ4v) is 2.68. The molecule has 2 aromatic rings. The molecule has 0 fully saturated rings. The van der Waals surface area contributed by atoms with E-state index in [9.17, 15) is 17.6 Å². The number of rotatable bonds is 4. The average molecular weight is 343 g/mol. The van der Waals surface area contributed by atoms with Gasteiger partial charge in [0.2, 0.25) is 10.0 Å². The summed E-state index contributed by atoms with van der Waals surface area (Å²) in [5, 5.41) is 2.58. The van der Waals surface area contributed by atoms with Gasteiger partial charge in [-0.1, -0.05) is 23.7 Å². The first-order valence-electron chi connectivity index (χ1n) is 6.14. The molecule has 0 radical (unpaired) electrons. The van der Waals surface area contributed by atoms with Gasteiger partial charge in [-0.3, -0.25) is 4.79 Å². The molecule has 0 aliphatic rings. The molecule has 0 saturated heterocycles. The molecular formula is C14H12ClFN2O3S. The Bertz CT molecular complexity index is 825. The van der Waals surface area contributed by atoms with Gasteiger partial charge in [-0.05, 0) is 37.4 Å². The number of anilines is 1. The Morgan fingerprint density at radius 3 is 2.45 bits per heavy atom. The summed E-state index contributed by atoms with van der Waals surface area (Å²) in [4.78, 5) is 11.8. The topological polar surface area (TPSA) is 75.3 Å². The first-order valence-corrected chi connectivity index (χ1v) is 8.00. The van der Waals surface area contributed by atoms with Crippen molar-refractivity contribution in [1.29, 1.82) is 0 Å². The van der Waals surface area contributed by atoms with Crippen LogP contribution in [0.4, 0.5) is 10.1 Å². The van der Waals surface area contributed by atoms with Crippen molar-refractivity contribution in [3.8, 4) is 0 Å². The van der Waals surface area contributed by atoms with E-state index in [4.69, 9.17) is 11.6 Å². The highest BCUT2D eigenvalue weighted by Gasteiger charge is 2.16. The minimum Gasteiger partial charge on any atom is -0.319 e. The molecule has 1 amide bonds. The molecule has 2 N–H and O–H groups in total. The highest BCUT2D eigenvalue weighted by molar-refractivity contribution is 7.89. The van der Waals surface area contributed by atoms with Crippen LogP contribution in [0.5, 0.6) is 0 Å². The number of benzene rings is 2. The number of nitrogens with one attached hydrogen (secondary N) is 2. The average Bonchev–Trinajstić information content (AvgIpc) is 2.49. The smallest absolute Gasteiger partial charge is 0.257 e. The van der Waals surface area contributed by atoms with Crippen LogP contribution in [0.15, 0.2) is 47.4 Å². The molecule has 22 heavy (non-hydrogen) atoms. The molecule has 0 aliphatic heterocycles. The lowest BCUT2D eigenvalue weighted by Crippen LogP contribution is -2.19. The Hall–Kier alpha value is -1.96. The lowest BCUT2D eigenvalue weighted by atomic mass is 10.2. The summed E-state index contributed by atoms with van der Waals surface area (Å²) in [7, 11) is -2.53. The van der Waals surface area contributed by atoms with Crippen molar-refractivity contribution < 1.29 is 17.6 Å². The van der Waals surface area contributed by atoms with E-state index in [1.54, 1.807) is 12.1 Å². The van der Waals surface area contributed by atoms with Gasteiger partial charge in [-0.25, -0.2) is 17.5 Å². The summed E-state index contributed by atoms with van der Waals surface area (Å²) in [6.07, 6.45) is 0. The number of carbonyl (C=O) groups is 1. The molecule has 5 nitrogen and oxygen atoms in total. The van der Waals surface area contributed by atoms with Crippen LogP contribution in [0.3, 0.4) is 0 Å². The Morgan fingerprint density at radius 1 is 1.18 bits per heavy atom. The van der Waals surface area contributed by atoms with Gasteiger partial charge in [-0.15, -0.1) is 0 Å². The third-order valence-electron chi connectivity index (χ3n) is 2.89. The van der Waals surface area contributed by atoms with E-state index in [1.165, 1.54) is 31.3 Å². The van der Waals surface area contributed by atoms with E-state index >= 15 is 0 Å². The number of hydrogen-bond acceptors (Lipinski definition) is 3. The molecule has 0 bridgehead atoms. The Labute approximate surface area is 132 Å². The summed E-state index contributed by atoms with van der Waals surface area (Å²) >= 11 is 5.89. The van der Waals surface area contributed by atoms with Gasteiger partial charge in [0, 0.05) is 0 Å².